The Bertz CT molecular complexity index is 513. The Morgan fingerprint density at radius 2 is 1.20 bits per heavy atom. The van der Waals surface area contributed by atoms with Crippen LogP contribution < -0.4 is 0 Å². The lowest BCUT2D eigenvalue weighted by Crippen LogP contribution is -2.47. The second kappa shape index (κ2) is 7.45. The Morgan fingerprint density at radius 1 is 0.800 bits per heavy atom. The molecule has 0 amide bonds. The van der Waals surface area contributed by atoms with Crippen molar-refractivity contribution in [2.75, 3.05) is 0 Å². The lowest BCUT2D eigenvalue weighted by molar-refractivity contribution is 0.242. The summed E-state index contributed by atoms with van der Waals surface area (Å²) in [6.45, 7) is 34.7. The second-order valence-corrected chi connectivity index (χ2v) is 12.2. The van der Waals surface area contributed by atoms with E-state index < -0.39 is 0 Å². The molecule has 0 aromatic carbocycles. The van der Waals surface area contributed by atoms with Gasteiger partial charge in [-0.05, 0) is 42.1 Å². The first-order valence-electron chi connectivity index (χ1n) is 9.89. The van der Waals surface area contributed by atoms with E-state index in [1.54, 1.807) is 0 Å². The normalized spacial score (nSPS) is 17.8. The monoisotopic (exact) mass is 366 g/mol. The van der Waals surface area contributed by atoms with Gasteiger partial charge < -0.3 is 0 Å². The molecule has 0 aromatic rings. The highest BCUT2D eigenvalue weighted by molar-refractivity contribution is 7.82. The van der Waals surface area contributed by atoms with E-state index in [1.165, 1.54) is 23.1 Å². The minimum absolute atomic E-state index is 0.0559. The van der Waals surface area contributed by atoms with Crippen LogP contribution in [0.3, 0.4) is 0 Å². The van der Waals surface area contributed by atoms with Crippen LogP contribution in [0, 0.1) is 21.7 Å². The van der Waals surface area contributed by atoms with E-state index in [0.29, 0.717) is 0 Å². The van der Waals surface area contributed by atoms with Crippen LogP contribution in [0.25, 0.3) is 0 Å². The molecule has 0 fully saturated rings. The summed E-state index contributed by atoms with van der Waals surface area (Å²) in [5, 5.41) is 0. The number of rotatable bonds is 6. The Balaban J connectivity index is 6.53. The van der Waals surface area contributed by atoms with Crippen LogP contribution >= 0.6 is 12.6 Å². The minimum Gasteiger partial charge on any atom is -0.167 e. The van der Waals surface area contributed by atoms with E-state index in [-0.39, 0.29) is 26.4 Å². The van der Waals surface area contributed by atoms with Gasteiger partial charge in [-0.3, -0.25) is 0 Å². The van der Waals surface area contributed by atoms with Crippen molar-refractivity contribution in [2.45, 2.75) is 108 Å². The number of hydrogen-bond donors (Lipinski definition) is 1. The van der Waals surface area contributed by atoms with Crippen molar-refractivity contribution in [1.82, 2.24) is 0 Å². The number of thiol groups is 1. The lowest BCUT2D eigenvalue weighted by atomic mass is 9.57. The summed E-state index contributed by atoms with van der Waals surface area (Å²) < 4.78 is -0.273. The van der Waals surface area contributed by atoms with E-state index in [2.05, 4.69) is 96.6 Å². The summed E-state index contributed by atoms with van der Waals surface area (Å²) in [5.41, 5.74) is 4.39. The van der Waals surface area contributed by atoms with Crippen molar-refractivity contribution in [3.8, 4) is 0 Å². The van der Waals surface area contributed by atoms with Crippen molar-refractivity contribution in [1.29, 1.82) is 0 Å². The molecule has 0 radical (unpaired) electrons. The van der Waals surface area contributed by atoms with Crippen LogP contribution in [0.4, 0.5) is 0 Å². The van der Waals surface area contributed by atoms with Gasteiger partial charge in [0.2, 0.25) is 0 Å². The molecule has 1 atom stereocenters. The van der Waals surface area contributed by atoms with Gasteiger partial charge in [-0.1, -0.05) is 100 Å². The molecule has 0 saturated carbocycles. The SMILES string of the molecule is C=C(C(C)(C)CCC)C(C)(C)C(C)(S)/C(=C(\C)C(C)(C)C)C(C)(C)C. The van der Waals surface area contributed by atoms with Crippen molar-refractivity contribution < 1.29 is 0 Å². The topological polar surface area (TPSA) is 0 Å². The van der Waals surface area contributed by atoms with Gasteiger partial charge in [0.15, 0.2) is 0 Å². The summed E-state index contributed by atoms with van der Waals surface area (Å²) >= 11 is 5.35. The van der Waals surface area contributed by atoms with Gasteiger partial charge in [0, 0.05) is 10.2 Å². The maximum atomic E-state index is 5.35. The van der Waals surface area contributed by atoms with Gasteiger partial charge in [0.25, 0.3) is 0 Å². The first kappa shape index (κ1) is 24.8. The summed E-state index contributed by atoms with van der Waals surface area (Å²) in [6, 6.07) is 0. The first-order valence-corrected chi connectivity index (χ1v) is 10.3. The van der Waals surface area contributed by atoms with Crippen molar-refractivity contribution in [3.05, 3.63) is 23.3 Å². The van der Waals surface area contributed by atoms with Gasteiger partial charge in [-0.15, -0.1) is 0 Å². The van der Waals surface area contributed by atoms with Gasteiger partial charge in [-0.2, -0.15) is 12.6 Å². The lowest BCUT2D eigenvalue weighted by Gasteiger charge is -2.53. The highest BCUT2D eigenvalue weighted by Gasteiger charge is 2.50. The molecule has 25 heavy (non-hydrogen) atoms. The predicted octanol–water partition coefficient (Wildman–Crippen LogP) is 8.49. The van der Waals surface area contributed by atoms with Crippen LogP contribution in [0.1, 0.15) is 103 Å². The first-order chi connectivity index (χ1) is 10.7. The zero-order chi connectivity index (χ0) is 20.6. The maximum Gasteiger partial charge on any atom is 0.0405 e. The molecule has 148 valence electrons. The fraction of sp³-hybridized carbons (Fsp3) is 0.833. The van der Waals surface area contributed by atoms with E-state index in [4.69, 9.17) is 12.6 Å². The van der Waals surface area contributed by atoms with Crippen LogP contribution in [-0.2, 0) is 0 Å². The molecule has 0 aliphatic heterocycles. The fourth-order valence-corrected chi connectivity index (χ4v) is 4.90. The van der Waals surface area contributed by atoms with E-state index in [0.717, 1.165) is 6.42 Å². The smallest absolute Gasteiger partial charge is 0.0405 e. The van der Waals surface area contributed by atoms with Crippen molar-refractivity contribution in [3.63, 3.8) is 0 Å². The third-order valence-electron chi connectivity index (χ3n) is 6.40. The maximum absolute atomic E-state index is 5.35. The summed E-state index contributed by atoms with van der Waals surface area (Å²) in [4.78, 5) is 0. The number of hydrogen-bond acceptors (Lipinski definition) is 1. The molecule has 0 N–H and O–H groups in total. The highest BCUT2D eigenvalue weighted by atomic mass is 32.1. The van der Waals surface area contributed by atoms with Crippen LogP contribution in [0.5, 0.6) is 0 Å². The van der Waals surface area contributed by atoms with Gasteiger partial charge >= 0.3 is 0 Å². The van der Waals surface area contributed by atoms with E-state index >= 15 is 0 Å². The molecule has 0 bridgehead atoms. The van der Waals surface area contributed by atoms with Crippen molar-refractivity contribution >= 4 is 12.6 Å². The molecule has 0 saturated heterocycles. The molecule has 0 aliphatic carbocycles. The predicted molar refractivity (Wildman–Crippen MR) is 121 cm³/mol. The third-order valence-corrected chi connectivity index (χ3v) is 7.18. The zero-order valence-electron chi connectivity index (χ0n) is 19.6. The summed E-state index contributed by atoms with van der Waals surface area (Å²) in [6.07, 6.45) is 2.33. The summed E-state index contributed by atoms with van der Waals surface area (Å²) in [5.74, 6) is 0. The van der Waals surface area contributed by atoms with Gasteiger partial charge in [0.05, 0.1) is 0 Å². The average Bonchev–Trinajstić information content (AvgIpc) is 2.34. The summed E-state index contributed by atoms with van der Waals surface area (Å²) in [7, 11) is 0. The Hall–Kier alpha value is -0.170. The third kappa shape index (κ3) is 5.18. The van der Waals surface area contributed by atoms with E-state index in [1.807, 2.05) is 0 Å². The van der Waals surface area contributed by atoms with Gasteiger partial charge in [-0.25, -0.2) is 0 Å². The molecule has 1 heteroatoms. The average molecular weight is 367 g/mol. The van der Waals surface area contributed by atoms with E-state index in [9.17, 15) is 0 Å². The largest absolute Gasteiger partial charge is 0.167 e. The highest BCUT2D eigenvalue weighted by Crippen LogP contribution is 2.57. The quantitative estimate of drug-likeness (QED) is 0.353. The van der Waals surface area contributed by atoms with Crippen LogP contribution in [0.15, 0.2) is 23.3 Å². The zero-order valence-corrected chi connectivity index (χ0v) is 20.5. The van der Waals surface area contributed by atoms with Gasteiger partial charge in [0.1, 0.15) is 0 Å². The molecular formula is C24H46S. The fourth-order valence-electron chi connectivity index (χ4n) is 4.26. The van der Waals surface area contributed by atoms with Crippen LogP contribution in [0.2, 0.25) is 0 Å². The Labute approximate surface area is 165 Å². The number of allylic oxidation sites excluding steroid dienone is 2. The second-order valence-electron chi connectivity index (χ2n) is 11.3. The molecular weight excluding hydrogens is 320 g/mol. The Kier molecular flexibility index (Phi) is 7.40. The molecule has 0 spiro atoms. The molecule has 0 nitrogen and oxygen atoms in total. The molecule has 0 rings (SSSR count). The molecule has 0 aromatic heterocycles. The van der Waals surface area contributed by atoms with Crippen molar-refractivity contribution in [2.24, 2.45) is 21.7 Å². The molecule has 0 heterocycles. The Morgan fingerprint density at radius 3 is 1.48 bits per heavy atom. The molecule has 0 aliphatic rings. The standard InChI is InChI=1S/C24H46S/c1-15-16-22(10,11)18(3)23(12,13)24(14,25)19(21(7,8)9)17(2)20(4,5)6/h25H,3,15-16H2,1-2,4-14H3/b19-17+. The minimum atomic E-state index is -0.273. The van der Waals surface area contributed by atoms with Crippen LogP contribution in [-0.4, -0.2) is 4.75 Å². The molecule has 1 unspecified atom stereocenters.